The predicted octanol–water partition coefficient (Wildman–Crippen LogP) is 3.96. The van der Waals surface area contributed by atoms with E-state index in [1.807, 2.05) is 36.4 Å². The van der Waals surface area contributed by atoms with Gasteiger partial charge in [-0.1, -0.05) is 60.7 Å². The molecule has 0 aliphatic heterocycles. The van der Waals surface area contributed by atoms with Crippen molar-refractivity contribution in [3.63, 3.8) is 0 Å². The molecule has 0 saturated carbocycles. The first-order chi connectivity index (χ1) is 8.25. The van der Waals surface area contributed by atoms with Crippen LogP contribution in [0.4, 0.5) is 0 Å². The topological polar surface area (TPSA) is 17.1 Å². The molecule has 2 aromatic rings. The number of carbonyl (C=O) groups excluding carboxylic acids is 1. The third kappa shape index (κ3) is 3.15. The summed E-state index contributed by atoms with van der Waals surface area (Å²) in [5, 5.41) is 0. The number of benzene rings is 2. The summed E-state index contributed by atoms with van der Waals surface area (Å²) in [6, 6.07) is 18.4. The van der Waals surface area contributed by atoms with E-state index in [4.69, 9.17) is 0 Å². The van der Waals surface area contributed by atoms with E-state index < -0.39 is 0 Å². The van der Waals surface area contributed by atoms with Crippen LogP contribution in [0.2, 0.25) is 0 Å². The molecule has 0 aliphatic rings. The van der Waals surface area contributed by atoms with Gasteiger partial charge in [0.2, 0.25) is 0 Å². The third-order valence-electron chi connectivity index (χ3n) is 2.53. The van der Waals surface area contributed by atoms with E-state index >= 15 is 0 Å². The molecule has 0 bridgehead atoms. The molecule has 0 atom stereocenters. The van der Waals surface area contributed by atoms with E-state index in [2.05, 4.69) is 24.3 Å². The number of hydrogen-bond acceptors (Lipinski definition) is 1. The van der Waals surface area contributed by atoms with E-state index in [9.17, 15) is 4.79 Å². The average Bonchev–Trinajstić information content (AvgIpc) is 2.38. The van der Waals surface area contributed by atoms with Crippen LogP contribution in [0, 0.1) is 0 Å². The Morgan fingerprint density at radius 1 is 0.882 bits per heavy atom. The zero-order chi connectivity index (χ0) is 12.1. The zero-order valence-corrected chi connectivity index (χ0v) is 9.76. The second-order valence-corrected chi connectivity index (χ2v) is 3.93. The van der Waals surface area contributed by atoms with Crippen LogP contribution in [-0.2, 0) is 4.79 Å². The molecule has 0 unspecified atom stereocenters. The summed E-state index contributed by atoms with van der Waals surface area (Å²) >= 11 is 0. The fourth-order valence-electron chi connectivity index (χ4n) is 1.63. The van der Waals surface area contributed by atoms with Gasteiger partial charge in [0.05, 0.1) is 0 Å². The Hall–Kier alpha value is -2.15. The second-order valence-electron chi connectivity index (χ2n) is 3.93. The Balaban J connectivity index is 2.22. The highest BCUT2D eigenvalue weighted by atomic mass is 16.1. The molecule has 0 aromatic heterocycles. The predicted molar refractivity (Wildman–Crippen MR) is 71.6 cm³/mol. The van der Waals surface area contributed by atoms with Crippen molar-refractivity contribution in [1.29, 1.82) is 0 Å². The maximum Gasteiger partial charge on any atom is 0.152 e. The minimum absolute atomic E-state index is 0.0668. The van der Waals surface area contributed by atoms with Crippen LogP contribution in [-0.4, -0.2) is 5.78 Å². The van der Waals surface area contributed by atoms with E-state index in [1.54, 1.807) is 13.0 Å². The molecule has 2 rings (SSSR count). The Labute approximate surface area is 101 Å². The van der Waals surface area contributed by atoms with Gasteiger partial charge in [0.25, 0.3) is 0 Å². The van der Waals surface area contributed by atoms with Gasteiger partial charge in [0.15, 0.2) is 5.78 Å². The number of hydrogen-bond donors (Lipinski definition) is 0. The summed E-state index contributed by atoms with van der Waals surface area (Å²) in [7, 11) is 0. The maximum absolute atomic E-state index is 10.8. The van der Waals surface area contributed by atoms with Gasteiger partial charge in [-0.25, -0.2) is 0 Å². The van der Waals surface area contributed by atoms with Gasteiger partial charge in [-0.2, -0.15) is 0 Å². The van der Waals surface area contributed by atoms with Crippen molar-refractivity contribution < 1.29 is 4.79 Å². The van der Waals surface area contributed by atoms with Crippen molar-refractivity contribution in [2.45, 2.75) is 6.92 Å². The molecule has 17 heavy (non-hydrogen) atoms. The fraction of sp³-hybridized carbons (Fsp3) is 0.0625. The van der Waals surface area contributed by atoms with Gasteiger partial charge in [-0.15, -0.1) is 0 Å². The molecule has 0 spiro atoms. The van der Waals surface area contributed by atoms with E-state index in [1.165, 1.54) is 11.1 Å². The summed E-state index contributed by atoms with van der Waals surface area (Å²) in [4.78, 5) is 10.8. The van der Waals surface area contributed by atoms with E-state index in [-0.39, 0.29) is 5.78 Å². The molecule has 1 nitrogen and oxygen atoms in total. The number of ketones is 1. The Bertz CT molecular complexity index is 521. The molecule has 0 aliphatic carbocycles. The lowest BCUT2D eigenvalue weighted by Crippen LogP contribution is -1.81. The lowest BCUT2D eigenvalue weighted by atomic mass is 10.0. The second kappa shape index (κ2) is 5.26. The quantitative estimate of drug-likeness (QED) is 0.718. The molecule has 0 radical (unpaired) electrons. The first-order valence-corrected chi connectivity index (χ1v) is 5.60. The van der Waals surface area contributed by atoms with Crippen LogP contribution >= 0.6 is 0 Å². The lowest BCUT2D eigenvalue weighted by molar-refractivity contribution is -0.112. The molecule has 0 N–H and O–H groups in total. The smallest absolute Gasteiger partial charge is 0.152 e. The highest BCUT2D eigenvalue weighted by molar-refractivity contribution is 5.91. The highest BCUT2D eigenvalue weighted by Crippen LogP contribution is 2.19. The van der Waals surface area contributed by atoms with Crippen LogP contribution in [0.5, 0.6) is 0 Å². The molecule has 2 aromatic carbocycles. The Morgan fingerprint density at radius 2 is 1.47 bits per heavy atom. The van der Waals surface area contributed by atoms with Crippen molar-refractivity contribution >= 4 is 11.9 Å². The lowest BCUT2D eigenvalue weighted by Gasteiger charge is -2.01. The normalized spacial score (nSPS) is 10.6. The van der Waals surface area contributed by atoms with Crippen molar-refractivity contribution in [2.24, 2.45) is 0 Å². The Kier molecular flexibility index (Phi) is 3.51. The summed E-state index contributed by atoms with van der Waals surface area (Å²) in [5.41, 5.74) is 3.43. The van der Waals surface area contributed by atoms with Crippen molar-refractivity contribution in [3.05, 3.63) is 66.2 Å². The highest BCUT2D eigenvalue weighted by Gasteiger charge is 1.95. The third-order valence-corrected chi connectivity index (χ3v) is 2.53. The fourth-order valence-corrected chi connectivity index (χ4v) is 1.63. The van der Waals surface area contributed by atoms with Gasteiger partial charge < -0.3 is 0 Å². The number of carbonyl (C=O) groups is 1. The van der Waals surface area contributed by atoms with Crippen LogP contribution in [0.25, 0.3) is 17.2 Å². The maximum atomic E-state index is 10.8. The number of allylic oxidation sites excluding steroid dienone is 1. The molecule has 0 heterocycles. The molecule has 0 saturated heterocycles. The molecular formula is C16H14O. The number of rotatable bonds is 3. The van der Waals surface area contributed by atoms with Gasteiger partial charge >= 0.3 is 0 Å². The van der Waals surface area contributed by atoms with Crippen LogP contribution in [0.1, 0.15) is 12.5 Å². The monoisotopic (exact) mass is 222 g/mol. The average molecular weight is 222 g/mol. The summed E-state index contributed by atoms with van der Waals surface area (Å²) in [6.45, 7) is 1.55. The van der Waals surface area contributed by atoms with Crippen molar-refractivity contribution in [1.82, 2.24) is 0 Å². The minimum atomic E-state index is 0.0668. The molecule has 84 valence electrons. The molecule has 0 fully saturated rings. The molecular weight excluding hydrogens is 208 g/mol. The van der Waals surface area contributed by atoms with E-state index in [0.29, 0.717) is 0 Å². The van der Waals surface area contributed by atoms with Gasteiger partial charge in [0.1, 0.15) is 0 Å². The van der Waals surface area contributed by atoms with Crippen LogP contribution < -0.4 is 0 Å². The van der Waals surface area contributed by atoms with Crippen molar-refractivity contribution in [3.8, 4) is 11.1 Å². The Morgan fingerprint density at radius 3 is 2.06 bits per heavy atom. The first-order valence-electron chi connectivity index (χ1n) is 5.60. The van der Waals surface area contributed by atoms with Crippen LogP contribution in [0.15, 0.2) is 60.7 Å². The first kappa shape index (κ1) is 11.3. The van der Waals surface area contributed by atoms with Gasteiger partial charge in [-0.05, 0) is 29.7 Å². The summed E-state index contributed by atoms with van der Waals surface area (Å²) in [6.07, 6.45) is 3.41. The summed E-state index contributed by atoms with van der Waals surface area (Å²) < 4.78 is 0. The largest absolute Gasteiger partial charge is 0.295 e. The minimum Gasteiger partial charge on any atom is -0.295 e. The SMILES string of the molecule is CC(=O)/C=C\c1ccc(-c2ccccc2)cc1. The van der Waals surface area contributed by atoms with Gasteiger partial charge in [0, 0.05) is 0 Å². The zero-order valence-electron chi connectivity index (χ0n) is 9.76. The van der Waals surface area contributed by atoms with E-state index in [0.717, 1.165) is 5.56 Å². The van der Waals surface area contributed by atoms with Crippen molar-refractivity contribution in [2.75, 3.05) is 0 Å². The summed E-state index contributed by atoms with van der Waals surface area (Å²) in [5.74, 6) is 0.0668. The van der Waals surface area contributed by atoms with Gasteiger partial charge in [-0.3, -0.25) is 4.79 Å². The molecule has 1 heteroatoms. The molecule has 0 amide bonds. The standard InChI is InChI=1S/C16H14O/c1-13(17)7-8-14-9-11-16(12-10-14)15-5-3-2-4-6-15/h2-12H,1H3/b8-7-. The van der Waals surface area contributed by atoms with Crippen LogP contribution in [0.3, 0.4) is 0 Å².